The molecular weight excluding hydrogens is 332 g/mol. The van der Waals surface area contributed by atoms with Gasteiger partial charge in [-0.05, 0) is 56.6 Å². The third-order valence-corrected chi connectivity index (χ3v) is 5.49. The molecule has 0 amide bonds. The number of hydrogen-bond donors (Lipinski definition) is 2. The number of benzene rings is 2. The van der Waals surface area contributed by atoms with Crippen molar-refractivity contribution in [2.24, 2.45) is 11.3 Å². The molecule has 0 radical (unpaired) electrons. The molecular formula is C25H36O2. The molecule has 0 aliphatic carbocycles. The van der Waals surface area contributed by atoms with Gasteiger partial charge in [-0.3, -0.25) is 0 Å². The van der Waals surface area contributed by atoms with E-state index >= 15 is 0 Å². The summed E-state index contributed by atoms with van der Waals surface area (Å²) >= 11 is 0. The number of aromatic hydroxyl groups is 2. The zero-order chi connectivity index (χ0) is 20.5. The van der Waals surface area contributed by atoms with Gasteiger partial charge in [-0.1, -0.05) is 69.5 Å². The minimum atomic E-state index is -0.0357. The summed E-state index contributed by atoms with van der Waals surface area (Å²) < 4.78 is 0. The Bertz CT molecular complexity index is 755. The highest BCUT2D eigenvalue weighted by Crippen LogP contribution is 2.47. The molecule has 1 unspecified atom stereocenters. The van der Waals surface area contributed by atoms with Crippen LogP contribution in [0.5, 0.6) is 11.5 Å². The topological polar surface area (TPSA) is 40.5 Å². The largest absolute Gasteiger partial charge is 0.507 e. The fourth-order valence-corrected chi connectivity index (χ4v) is 4.42. The molecule has 2 rings (SSSR count). The highest BCUT2D eigenvalue weighted by Gasteiger charge is 2.32. The minimum Gasteiger partial charge on any atom is -0.507 e. The maximum absolute atomic E-state index is 10.9. The summed E-state index contributed by atoms with van der Waals surface area (Å²) in [4.78, 5) is 0. The van der Waals surface area contributed by atoms with Gasteiger partial charge >= 0.3 is 0 Å². The van der Waals surface area contributed by atoms with Gasteiger partial charge < -0.3 is 10.2 Å². The molecule has 0 aliphatic rings. The quantitative estimate of drug-likeness (QED) is 0.601. The highest BCUT2D eigenvalue weighted by atomic mass is 16.3. The third-order valence-electron chi connectivity index (χ3n) is 5.49. The molecule has 0 spiro atoms. The van der Waals surface area contributed by atoms with Gasteiger partial charge in [0, 0.05) is 17.0 Å². The molecule has 0 saturated carbocycles. The second-order valence-corrected chi connectivity index (χ2v) is 9.45. The van der Waals surface area contributed by atoms with E-state index in [0.717, 1.165) is 46.2 Å². The second-order valence-electron chi connectivity index (χ2n) is 9.45. The van der Waals surface area contributed by atoms with Crippen molar-refractivity contribution in [1.29, 1.82) is 0 Å². The molecule has 2 N–H and O–H groups in total. The lowest BCUT2D eigenvalue weighted by Gasteiger charge is -2.34. The molecule has 27 heavy (non-hydrogen) atoms. The van der Waals surface area contributed by atoms with E-state index in [1.807, 2.05) is 26.0 Å². The molecule has 0 aromatic heterocycles. The first kappa shape index (κ1) is 21.3. The molecule has 2 nitrogen and oxygen atoms in total. The summed E-state index contributed by atoms with van der Waals surface area (Å²) in [6, 6.07) is 8.22. The Hall–Kier alpha value is -1.96. The second kappa shape index (κ2) is 7.96. The summed E-state index contributed by atoms with van der Waals surface area (Å²) in [6.07, 6.45) is 2.01. The monoisotopic (exact) mass is 368 g/mol. The number of phenolic OH excluding ortho intramolecular Hbond substituents is 2. The van der Waals surface area contributed by atoms with Gasteiger partial charge in [0.05, 0.1) is 0 Å². The maximum atomic E-state index is 10.9. The van der Waals surface area contributed by atoms with Crippen molar-refractivity contribution >= 4 is 0 Å². The van der Waals surface area contributed by atoms with Gasteiger partial charge in [0.15, 0.2) is 0 Å². The summed E-state index contributed by atoms with van der Waals surface area (Å²) in [5, 5.41) is 21.9. The molecule has 2 heteroatoms. The summed E-state index contributed by atoms with van der Waals surface area (Å²) in [7, 11) is 0. The van der Waals surface area contributed by atoms with Crippen LogP contribution in [0.1, 0.15) is 79.8 Å². The van der Waals surface area contributed by atoms with Crippen molar-refractivity contribution in [2.45, 2.75) is 74.1 Å². The zero-order valence-electron chi connectivity index (χ0n) is 18.3. The lowest BCUT2D eigenvalue weighted by Crippen LogP contribution is -2.21. The van der Waals surface area contributed by atoms with E-state index < -0.39 is 0 Å². The molecule has 0 aliphatic heterocycles. The lowest BCUT2D eigenvalue weighted by atomic mass is 9.71. The van der Waals surface area contributed by atoms with Gasteiger partial charge in [0.1, 0.15) is 11.5 Å². The van der Waals surface area contributed by atoms with E-state index in [1.165, 1.54) is 0 Å². The van der Waals surface area contributed by atoms with Crippen LogP contribution in [0.2, 0.25) is 0 Å². The van der Waals surface area contributed by atoms with Gasteiger partial charge in [-0.2, -0.15) is 0 Å². The molecule has 1 atom stereocenters. The normalized spacial score (nSPS) is 13.2. The number of rotatable bonds is 5. The van der Waals surface area contributed by atoms with E-state index in [2.05, 4.69) is 53.7 Å². The van der Waals surface area contributed by atoms with Crippen LogP contribution in [-0.2, 0) is 0 Å². The van der Waals surface area contributed by atoms with Gasteiger partial charge in [-0.15, -0.1) is 0 Å². The number of aryl methyl sites for hydroxylation is 4. The summed E-state index contributed by atoms with van der Waals surface area (Å²) in [5.74, 6) is 1.00. The fraction of sp³-hybridized carbons (Fsp3) is 0.520. The predicted molar refractivity (Wildman–Crippen MR) is 115 cm³/mol. The Labute approximate surface area is 165 Å². The molecule has 0 fully saturated rings. The van der Waals surface area contributed by atoms with Crippen molar-refractivity contribution < 1.29 is 10.2 Å². The van der Waals surface area contributed by atoms with E-state index in [1.54, 1.807) is 0 Å². The zero-order valence-corrected chi connectivity index (χ0v) is 18.3. The van der Waals surface area contributed by atoms with Crippen molar-refractivity contribution in [3.05, 3.63) is 57.6 Å². The minimum absolute atomic E-state index is 0.0357. The Morgan fingerprint density at radius 3 is 1.52 bits per heavy atom. The third kappa shape index (κ3) is 4.86. The van der Waals surface area contributed by atoms with Crippen molar-refractivity contribution in [1.82, 2.24) is 0 Å². The van der Waals surface area contributed by atoms with Crippen LogP contribution in [0, 0.1) is 39.0 Å². The number of hydrogen-bond acceptors (Lipinski definition) is 2. The van der Waals surface area contributed by atoms with E-state index in [4.69, 9.17) is 0 Å². The Morgan fingerprint density at radius 2 is 1.19 bits per heavy atom. The van der Waals surface area contributed by atoms with Crippen molar-refractivity contribution in [3.8, 4) is 11.5 Å². The summed E-state index contributed by atoms with van der Waals surface area (Å²) in [6.45, 7) is 17.0. The lowest BCUT2D eigenvalue weighted by molar-refractivity contribution is 0.264. The maximum Gasteiger partial charge on any atom is 0.122 e. The molecule has 148 valence electrons. The van der Waals surface area contributed by atoms with Gasteiger partial charge in [0.25, 0.3) is 0 Å². The van der Waals surface area contributed by atoms with Crippen LogP contribution in [0.4, 0.5) is 0 Å². The highest BCUT2D eigenvalue weighted by molar-refractivity contribution is 5.53. The number of phenols is 2. The van der Waals surface area contributed by atoms with Crippen LogP contribution >= 0.6 is 0 Å². The first-order chi connectivity index (χ1) is 12.4. The molecule has 0 bridgehead atoms. The molecule has 2 aromatic rings. The fourth-order valence-electron chi connectivity index (χ4n) is 4.42. The van der Waals surface area contributed by atoms with Crippen LogP contribution < -0.4 is 0 Å². The SMILES string of the molecule is CCC(CC(C)(C)C)C(c1cc(C)cc(C)c1O)c1cc(C)cc(C)c1O. The Morgan fingerprint density at radius 1 is 0.778 bits per heavy atom. The average Bonchev–Trinajstić information content (AvgIpc) is 2.54. The van der Waals surface area contributed by atoms with Crippen molar-refractivity contribution in [3.63, 3.8) is 0 Å². The van der Waals surface area contributed by atoms with E-state index in [9.17, 15) is 10.2 Å². The van der Waals surface area contributed by atoms with Crippen molar-refractivity contribution in [2.75, 3.05) is 0 Å². The molecule has 2 aromatic carbocycles. The van der Waals surface area contributed by atoms with Crippen LogP contribution in [0.15, 0.2) is 24.3 Å². The van der Waals surface area contributed by atoms with E-state index in [-0.39, 0.29) is 11.3 Å². The van der Waals surface area contributed by atoms with Crippen LogP contribution in [0.25, 0.3) is 0 Å². The molecule has 0 saturated heterocycles. The standard InChI is InChI=1S/C25H36O2/c1-9-19(14-25(6,7)8)22(20-12-15(2)10-17(4)23(20)26)21-13-16(3)11-18(5)24(21)27/h10-13,19,22,26-27H,9,14H2,1-8H3. The molecule has 0 heterocycles. The van der Waals surface area contributed by atoms with Crippen LogP contribution in [-0.4, -0.2) is 10.2 Å². The Balaban J connectivity index is 2.77. The van der Waals surface area contributed by atoms with E-state index in [0.29, 0.717) is 17.4 Å². The predicted octanol–water partition coefficient (Wildman–Crippen LogP) is 6.93. The smallest absolute Gasteiger partial charge is 0.122 e. The first-order valence-corrected chi connectivity index (χ1v) is 10.0. The first-order valence-electron chi connectivity index (χ1n) is 10.0. The Kier molecular flexibility index (Phi) is 6.29. The van der Waals surface area contributed by atoms with Gasteiger partial charge in [-0.25, -0.2) is 0 Å². The van der Waals surface area contributed by atoms with Crippen LogP contribution in [0.3, 0.4) is 0 Å². The summed E-state index contributed by atoms with van der Waals surface area (Å²) in [5.41, 5.74) is 6.10. The van der Waals surface area contributed by atoms with Gasteiger partial charge in [0.2, 0.25) is 0 Å². The average molecular weight is 369 g/mol.